The Kier molecular flexibility index (Phi) is 9.02. The molecule has 0 saturated heterocycles. The number of nitrogens with zero attached hydrogens (tertiary/aromatic N) is 1. The molecule has 6 nitrogen and oxygen atoms in total. The molecular weight excluding hydrogens is 356 g/mol. The van der Waals surface area contributed by atoms with Crippen LogP contribution in [-0.4, -0.2) is 50.8 Å². The van der Waals surface area contributed by atoms with Crippen LogP contribution in [0.1, 0.15) is 38.5 Å². The maximum Gasteiger partial charge on any atom is 0.242 e. The molecule has 1 aliphatic carbocycles. The summed E-state index contributed by atoms with van der Waals surface area (Å²) < 4.78 is 16.2. The molecule has 7 heteroatoms. The predicted octanol–water partition coefficient (Wildman–Crippen LogP) is 3.01. The van der Waals surface area contributed by atoms with Gasteiger partial charge >= 0.3 is 0 Å². The highest BCUT2D eigenvalue weighted by Gasteiger charge is 2.36. The van der Waals surface area contributed by atoms with Crippen LogP contribution >= 0.6 is 12.4 Å². The Balaban J connectivity index is 0.00000338. The highest BCUT2D eigenvalue weighted by atomic mass is 35.5. The van der Waals surface area contributed by atoms with Crippen LogP contribution in [0.15, 0.2) is 18.2 Å². The molecule has 0 aromatic heterocycles. The molecule has 0 bridgehead atoms. The molecule has 148 valence electrons. The Hall–Kier alpha value is -1.66. The molecule has 0 unspecified atom stereocenters. The zero-order valence-corrected chi connectivity index (χ0v) is 16.8. The van der Waals surface area contributed by atoms with Crippen molar-refractivity contribution in [1.29, 1.82) is 0 Å². The number of likely N-dealkylation sites (N-methyl/N-ethyl adjacent to an activating group) is 1. The molecule has 0 heterocycles. The number of methoxy groups -OCH3 is 2. The number of nitrogens with two attached hydrogens (primary N) is 1. The average Bonchev–Trinajstić information content (AvgIpc) is 2.64. The first-order valence-corrected chi connectivity index (χ1v) is 8.89. The number of carbonyl (C=O) groups excluding carboxylic acids is 1. The van der Waals surface area contributed by atoms with Crippen LogP contribution in [0, 0.1) is 0 Å². The number of benzene rings is 1. The van der Waals surface area contributed by atoms with Crippen LogP contribution in [0.4, 0.5) is 0 Å². The molecule has 0 aliphatic heterocycles. The van der Waals surface area contributed by atoms with Gasteiger partial charge in [-0.2, -0.15) is 0 Å². The van der Waals surface area contributed by atoms with E-state index in [1.54, 1.807) is 25.2 Å². The lowest BCUT2D eigenvalue weighted by atomic mass is 9.81. The molecule has 1 amide bonds. The Morgan fingerprint density at radius 1 is 1.08 bits per heavy atom. The highest BCUT2D eigenvalue weighted by Crippen LogP contribution is 2.28. The quantitative estimate of drug-likeness (QED) is 0.695. The van der Waals surface area contributed by atoms with Gasteiger partial charge in [0.05, 0.1) is 26.4 Å². The lowest BCUT2D eigenvalue weighted by Crippen LogP contribution is -2.55. The summed E-state index contributed by atoms with van der Waals surface area (Å²) in [5.41, 5.74) is 5.64. The van der Waals surface area contributed by atoms with Gasteiger partial charge in [0.15, 0.2) is 0 Å². The van der Waals surface area contributed by atoms with Gasteiger partial charge in [-0.05, 0) is 19.3 Å². The fourth-order valence-corrected chi connectivity index (χ4v) is 3.23. The second-order valence-electron chi connectivity index (χ2n) is 6.69. The second kappa shape index (κ2) is 10.5. The standard InChI is InChI=1S/C19H30N2O4.ClH/c1-21(18(22)19(20)8-5-4-6-9-19)10-7-11-25-17-13-15(23-2)12-16(14-17)24-3;/h12-14H,4-11,20H2,1-3H3;1H. The number of rotatable bonds is 8. The van der Waals surface area contributed by atoms with Crippen LogP contribution in [-0.2, 0) is 4.79 Å². The smallest absolute Gasteiger partial charge is 0.242 e. The maximum absolute atomic E-state index is 12.6. The van der Waals surface area contributed by atoms with E-state index in [-0.39, 0.29) is 18.3 Å². The predicted molar refractivity (Wildman–Crippen MR) is 105 cm³/mol. The lowest BCUT2D eigenvalue weighted by molar-refractivity contribution is -0.137. The SMILES string of the molecule is COc1cc(OC)cc(OCCCN(C)C(=O)C2(N)CCCCC2)c1.Cl. The number of hydrogen-bond donors (Lipinski definition) is 1. The molecule has 0 radical (unpaired) electrons. The summed E-state index contributed by atoms with van der Waals surface area (Å²) in [6, 6.07) is 5.42. The van der Waals surface area contributed by atoms with Gasteiger partial charge in [-0.25, -0.2) is 0 Å². The maximum atomic E-state index is 12.6. The number of halogens is 1. The summed E-state index contributed by atoms with van der Waals surface area (Å²) in [5, 5.41) is 0. The number of hydrogen-bond acceptors (Lipinski definition) is 5. The first-order valence-electron chi connectivity index (χ1n) is 8.89. The van der Waals surface area contributed by atoms with Crippen molar-refractivity contribution in [2.75, 3.05) is 34.4 Å². The first kappa shape index (κ1) is 22.4. The van der Waals surface area contributed by atoms with Crippen molar-refractivity contribution in [3.05, 3.63) is 18.2 Å². The van der Waals surface area contributed by atoms with E-state index in [1.165, 1.54) is 6.42 Å². The van der Waals surface area contributed by atoms with Gasteiger partial charge in [-0.15, -0.1) is 12.4 Å². The van der Waals surface area contributed by atoms with E-state index in [1.807, 2.05) is 19.2 Å². The Bertz CT molecular complexity index is 554. The number of ether oxygens (including phenoxy) is 3. The molecule has 26 heavy (non-hydrogen) atoms. The summed E-state index contributed by atoms with van der Waals surface area (Å²) in [4.78, 5) is 14.3. The summed E-state index contributed by atoms with van der Waals surface area (Å²) in [5.74, 6) is 2.11. The Labute approximate surface area is 162 Å². The monoisotopic (exact) mass is 386 g/mol. The van der Waals surface area contributed by atoms with Crippen molar-refractivity contribution in [3.8, 4) is 17.2 Å². The Morgan fingerprint density at radius 2 is 1.62 bits per heavy atom. The zero-order chi connectivity index (χ0) is 18.3. The fourth-order valence-electron chi connectivity index (χ4n) is 3.23. The summed E-state index contributed by atoms with van der Waals surface area (Å²) in [6.07, 6.45) is 5.56. The minimum absolute atomic E-state index is 0. The van der Waals surface area contributed by atoms with E-state index >= 15 is 0 Å². The van der Waals surface area contributed by atoms with E-state index in [4.69, 9.17) is 19.9 Å². The molecule has 1 fully saturated rings. The number of carbonyl (C=O) groups is 1. The molecule has 0 atom stereocenters. The van der Waals surface area contributed by atoms with E-state index in [9.17, 15) is 4.79 Å². The van der Waals surface area contributed by atoms with Gasteiger partial charge in [-0.3, -0.25) is 4.79 Å². The Morgan fingerprint density at radius 3 is 2.15 bits per heavy atom. The van der Waals surface area contributed by atoms with Crippen molar-refractivity contribution < 1.29 is 19.0 Å². The summed E-state index contributed by atoms with van der Waals surface area (Å²) in [6.45, 7) is 1.13. The van der Waals surface area contributed by atoms with E-state index < -0.39 is 5.54 Å². The molecule has 1 saturated carbocycles. The van der Waals surface area contributed by atoms with Gasteiger partial charge in [0.1, 0.15) is 17.2 Å². The third-order valence-electron chi connectivity index (χ3n) is 4.75. The van der Waals surface area contributed by atoms with Gasteiger partial charge in [0, 0.05) is 31.8 Å². The van der Waals surface area contributed by atoms with Crippen molar-refractivity contribution >= 4 is 18.3 Å². The van der Waals surface area contributed by atoms with Crippen molar-refractivity contribution in [3.63, 3.8) is 0 Å². The van der Waals surface area contributed by atoms with Gasteiger partial charge < -0.3 is 24.8 Å². The van der Waals surface area contributed by atoms with Crippen molar-refractivity contribution in [1.82, 2.24) is 4.90 Å². The van der Waals surface area contributed by atoms with Crippen LogP contribution < -0.4 is 19.9 Å². The van der Waals surface area contributed by atoms with Gasteiger partial charge in [-0.1, -0.05) is 19.3 Å². The summed E-state index contributed by atoms with van der Waals surface area (Å²) in [7, 11) is 5.03. The number of amides is 1. The third kappa shape index (κ3) is 5.95. The van der Waals surface area contributed by atoms with Crippen molar-refractivity contribution in [2.45, 2.75) is 44.1 Å². The van der Waals surface area contributed by atoms with Crippen LogP contribution in [0.3, 0.4) is 0 Å². The molecule has 2 N–H and O–H groups in total. The lowest BCUT2D eigenvalue weighted by Gasteiger charge is -2.35. The molecule has 0 spiro atoms. The normalized spacial score (nSPS) is 15.5. The van der Waals surface area contributed by atoms with Crippen LogP contribution in [0.5, 0.6) is 17.2 Å². The largest absolute Gasteiger partial charge is 0.496 e. The van der Waals surface area contributed by atoms with Crippen LogP contribution in [0.2, 0.25) is 0 Å². The van der Waals surface area contributed by atoms with E-state index in [0.717, 1.165) is 32.1 Å². The summed E-state index contributed by atoms with van der Waals surface area (Å²) >= 11 is 0. The first-order chi connectivity index (χ1) is 12.0. The van der Waals surface area contributed by atoms with Gasteiger partial charge in [0.25, 0.3) is 0 Å². The molecular formula is C19H31ClN2O4. The van der Waals surface area contributed by atoms with Gasteiger partial charge in [0.2, 0.25) is 5.91 Å². The van der Waals surface area contributed by atoms with Crippen molar-refractivity contribution in [2.24, 2.45) is 5.73 Å². The average molecular weight is 387 g/mol. The van der Waals surface area contributed by atoms with E-state index in [2.05, 4.69) is 0 Å². The topological polar surface area (TPSA) is 74.0 Å². The van der Waals surface area contributed by atoms with E-state index in [0.29, 0.717) is 30.4 Å². The molecule has 2 rings (SSSR count). The zero-order valence-electron chi connectivity index (χ0n) is 16.0. The second-order valence-corrected chi connectivity index (χ2v) is 6.69. The van der Waals surface area contributed by atoms with Crippen LogP contribution in [0.25, 0.3) is 0 Å². The minimum atomic E-state index is -0.673. The third-order valence-corrected chi connectivity index (χ3v) is 4.75. The fraction of sp³-hybridized carbons (Fsp3) is 0.632. The molecule has 1 aromatic rings. The molecule has 1 aromatic carbocycles. The molecule has 1 aliphatic rings. The highest BCUT2D eigenvalue weighted by molar-refractivity contribution is 5.86. The minimum Gasteiger partial charge on any atom is -0.496 e.